The summed E-state index contributed by atoms with van der Waals surface area (Å²) in [6.07, 6.45) is 5.34. The Balaban J connectivity index is 2.00. The van der Waals surface area contributed by atoms with E-state index in [4.69, 9.17) is 9.84 Å². The van der Waals surface area contributed by atoms with Crippen molar-refractivity contribution in [1.29, 1.82) is 0 Å². The summed E-state index contributed by atoms with van der Waals surface area (Å²) in [5, 5.41) is 9.08. The number of hydrogen-bond donors (Lipinski definition) is 1. The molecule has 1 N–H and O–H groups in total. The lowest BCUT2D eigenvalue weighted by molar-refractivity contribution is 0.0274. The molecule has 1 aliphatic carbocycles. The molecule has 2 heteroatoms. The smallest absolute Gasteiger partial charge is 0.0607 e. The molecule has 0 bridgehead atoms. The Kier molecular flexibility index (Phi) is 2.14. The first-order valence-corrected chi connectivity index (χ1v) is 4.64. The number of ether oxygens (including phenoxy) is 1. The van der Waals surface area contributed by atoms with E-state index in [1.807, 2.05) is 0 Å². The van der Waals surface area contributed by atoms with Gasteiger partial charge in [0.2, 0.25) is 0 Å². The third-order valence-electron chi connectivity index (χ3n) is 3.16. The van der Waals surface area contributed by atoms with Crippen LogP contribution < -0.4 is 0 Å². The van der Waals surface area contributed by atoms with Gasteiger partial charge in [-0.05, 0) is 31.1 Å². The van der Waals surface area contributed by atoms with E-state index in [9.17, 15) is 0 Å². The van der Waals surface area contributed by atoms with Crippen LogP contribution in [0.25, 0.3) is 0 Å². The zero-order chi connectivity index (χ0) is 7.68. The van der Waals surface area contributed by atoms with Crippen LogP contribution in [0.2, 0.25) is 0 Å². The van der Waals surface area contributed by atoms with E-state index in [1.165, 1.54) is 25.7 Å². The number of fused-ring (bicyclic) bond motifs is 1. The molecule has 2 aliphatic rings. The van der Waals surface area contributed by atoms with E-state index >= 15 is 0 Å². The molecule has 0 aromatic carbocycles. The summed E-state index contributed by atoms with van der Waals surface area (Å²) >= 11 is 0. The van der Waals surface area contributed by atoms with Crippen molar-refractivity contribution in [1.82, 2.24) is 0 Å². The third-order valence-corrected chi connectivity index (χ3v) is 3.16. The van der Waals surface area contributed by atoms with E-state index in [0.29, 0.717) is 24.5 Å². The fourth-order valence-corrected chi connectivity index (χ4v) is 2.52. The highest BCUT2D eigenvalue weighted by atomic mass is 16.5. The van der Waals surface area contributed by atoms with E-state index in [2.05, 4.69) is 0 Å². The maximum atomic E-state index is 9.08. The molecule has 1 saturated heterocycles. The Bertz CT molecular complexity index is 136. The summed E-state index contributed by atoms with van der Waals surface area (Å²) in [7, 11) is 0. The van der Waals surface area contributed by atoms with Crippen molar-refractivity contribution in [3.63, 3.8) is 0 Å². The third kappa shape index (κ3) is 1.30. The van der Waals surface area contributed by atoms with Gasteiger partial charge in [0, 0.05) is 13.2 Å². The van der Waals surface area contributed by atoms with Crippen LogP contribution in [0.1, 0.15) is 25.7 Å². The molecule has 0 spiro atoms. The highest BCUT2D eigenvalue weighted by Gasteiger charge is 2.36. The standard InChI is InChI=1S/C9H16O2/c10-6-7-2-1-3-9-8(7)4-5-11-9/h7-10H,1-6H2/t7-,8-,9-/m1/s1. The van der Waals surface area contributed by atoms with Gasteiger partial charge in [-0.3, -0.25) is 0 Å². The minimum atomic E-state index is 0.366. The number of aliphatic hydroxyl groups excluding tert-OH is 1. The molecule has 2 rings (SSSR count). The van der Waals surface area contributed by atoms with Crippen molar-refractivity contribution in [2.75, 3.05) is 13.2 Å². The SMILES string of the molecule is OC[C@H]1CCC[C@H]2OCC[C@H]12. The topological polar surface area (TPSA) is 29.5 Å². The molecule has 2 fully saturated rings. The maximum Gasteiger partial charge on any atom is 0.0607 e. The lowest BCUT2D eigenvalue weighted by Crippen LogP contribution is -2.30. The predicted octanol–water partition coefficient (Wildman–Crippen LogP) is 1.18. The van der Waals surface area contributed by atoms with E-state index in [1.54, 1.807) is 0 Å². The second kappa shape index (κ2) is 3.11. The minimum absolute atomic E-state index is 0.366. The largest absolute Gasteiger partial charge is 0.396 e. The maximum absolute atomic E-state index is 9.08. The molecule has 0 unspecified atom stereocenters. The first kappa shape index (κ1) is 7.56. The fourth-order valence-electron chi connectivity index (χ4n) is 2.52. The van der Waals surface area contributed by atoms with E-state index < -0.39 is 0 Å². The lowest BCUT2D eigenvalue weighted by Gasteiger charge is -2.31. The van der Waals surface area contributed by atoms with Crippen LogP contribution in [0.15, 0.2) is 0 Å². The number of aliphatic hydroxyl groups is 1. The molecule has 11 heavy (non-hydrogen) atoms. The van der Waals surface area contributed by atoms with Crippen molar-refractivity contribution in [2.24, 2.45) is 11.8 Å². The van der Waals surface area contributed by atoms with Gasteiger partial charge in [-0.15, -0.1) is 0 Å². The van der Waals surface area contributed by atoms with Gasteiger partial charge in [0.25, 0.3) is 0 Å². The van der Waals surface area contributed by atoms with Gasteiger partial charge in [-0.2, -0.15) is 0 Å². The van der Waals surface area contributed by atoms with Crippen LogP contribution in [-0.4, -0.2) is 24.4 Å². The average molecular weight is 156 g/mol. The molecule has 0 aromatic heterocycles. The Morgan fingerprint density at radius 3 is 3.00 bits per heavy atom. The highest BCUT2D eigenvalue weighted by molar-refractivity contribution is 4.85. The predicted molar refractivity (Wildman–Crippen MR) is 42.3 cm³/mol. The summed E-state index contributed by atoms with van der Waals surface area (Å²) in [5.74, 6) is 1.21. The Hall–Kier alpha value is -0.0800. The summed E-state index contributed by atoms with van der Waals surface area (Å²) in [4.78, 5) is 0. The van der Waals surface area contributed by atoms with Gasteiger partial charge in [0.05, 0.1) is 6.10 Å². The van der Waals surface area contributed by atoms with Crippen molar-refractivity contribution in [3.05, 3.63) is 0 Å². The molecule has 1 heterocycles. The second-order valence-corrected chi connectivity index (χ2v) is 3.74. The molecule has 3 atom stereocenters. The monoisotopic (exact) mass is 156 g/mol. The molecular weight excluding hydrogens is 140 g/mol. The lowest BCUT2D eigenvalue weighted by atomic mass is 9.77. The molecule has 64 valence electrons. The first-order valence-electron chi connectivity index (χ1n) is 4.64. The molecule has 1 aliphatic heterocycles. The molecule has 0 amide bonds. The summed E-state index contributed by atoms with van der Waals surface area (Å²) in [6.45, 7) is 1.29. The van der Waals surface area contributed by atoms with Crippen molar-refractivity contribution in [3.8, 4) is 0 Å². The molecule has 0 aromatic rings. The number of hydrogen-bond acceptors (Lipinski definition) is 2. The van der Waals surface area contributed by atoms with Crippen LogP contribution in [0.3, 0.4) is 0 Å². The molecule has 0 radical (unpaired) electrons. The zero-order valence-electron chi connectivity index (χ0n) is 6.83. The molecule has 2 nitrogen and oxygen atoms in total. The van der Waals surface area contributed by atoms with Gasteiger partial charge >= 0.3 is 0 Å². The van der Waals surface area contributed by atoms with Crippen LogP contribution in [0.4, 0.5) is 0 Å². The quantitative estimate of drug-likeness (QED) is 0.618. The van der Waals surface area contributed by atoms with E-state index in [0.717, 1.165) is 6.61 Å². The summed E-state index contributed by atoms with van der Waals surface area (Å²) < 4.78 is 5.58. The molecular formula is C9H16O2. The first-order chi connectivity index (χ1) is 5.42. The average Bonchev–Trinajstić information content (AvgIpc) is 2.50. The van der Waals surface area contributed by atoms with Gasteiger partial charge in [0.15, 0.2) is 0 Å². The Morgan fingerprint density at radius 1 is 1.27 bits per heavy atom. The van der Waals surface area contributed by atoms with Crippen molar-refractivity contribution < 1.29 is 9.84 Å². The Morgan fingerprint density at radius 2 is 2.18 bits per heavy atom. The van der Waals surface area contributed by atoms with Crippen LogP contribution in [0, 0.1) is 11.8 Å². The van der Waals surface area contributed by atoms with Crippen LogP contribution in [0.5, 0.6) is 0 Å². The van der Waals surface area contributed by atoms with Gasteiger partial charge in [-0.25, -0.2) is 0 Å². The van der Waals surface area contributed by atoms with E-state index in [-0.39, 0.29) is 0 Å². The van der Waals surface area contributed by atoms with Gasteiger partial charge in [0.1, 0.15) is 0 Å². The number of rotatable bonds is 1. The van der Waals surface area contributed by atoms with Crippen LogP contribution in [-0.2, 0) is 4.74 Å². The van der Waals surface area contributed by atoms with Crippen molar-refractivity contribution >= 4 is 0 Å². The Labute approximate surface area is 67.6 Å². The van der Waals surface area contributed by atoms with Crippen molar-refractivity contribution in [2.45, 2.75) is 31.8 Å². The summed E-state index contributed by atoms with van der Waals surface area (Å²) in [6, 6.07) is 0. The molecule has 1 saturated carbocycles. The highest BCUT2D eigenvalue weighted by Crippen LogP contribution is 2.37. The van der Waals surface area contributed by atoms with Gasteiger partial charge < -0.3 is 9.84 Å². The normalized spacial score (nSPS) is 43.9. The zero-order valence-corrected chi connectivity index (χ0v) is 6.83. The minimum Gasteiger partial charge on any atom is -0.396 e. The van der Waals surface area contributed by atoms with Gasteiger partial charge in [-0.1, -0.05) is 6.42 Å². The fraction of sp³-hybridized carbons (Fsp3) is 1.00. The second-order valence-electron chi connectivity index (χ2n) is 3.74. The summed E-state index contributed by atoms with van der Waals surface area (Å²) in [5.41, 5.74) is 0. The van der Waals surface area contributed by atoms with Crippen LogP contribution >= 0.6 is 0 Å².